The third kappa shape index (κ3) is 12.0. The van der Waals surface area contributed by atoms with Crippen LogP contribution in [0.2, 0.25) is 18.1 Å². The Morgan fingerprint density at radius 1 is 0.720 bits per heavy atom. The number of hydrogen-bond acceptors (Lipinski definition) is 4. The Bertz CT molecular complexity index is 371. The molecule has 5 heteroatoms. The second kappa shape index (κ2) is 15.2. The van der Waals surface area contributed by atoms with Gasteiger partial charge in [-0.25, -0.2) is 9.59 Å². The Kier molecular flexibility index (Phi) is 14.5. The van der Waals surface area contributed by atoms with Crippen molar-refractivity contribution in [2.75, 3.05) is 6.61 Å². The topological polar surface area (TPSA) is 52.6 Å². The Hall–Kier alpha value is -1.10. The van der Waals surface area contributed by atoms with Crippen LogP contribution in [-0.2, 0) is 18.8 Å². The van der Waals surface area contributed by atoms with Gasteiger partial charge in [-0.1, -0.05) is 72.6 Å². The average Bonchev–Trinajstić information content (AvgIpc) is 2.61. The van der Waals surface area contributed by atoms with Crippen molar-refractivity contribution in [3.8, 4) is 0 Å². The van der Waals surface area contributed by atoms with Crippen LogP contribution >= 0.6 is 0 Å². The number of carbonyl (C=O) groups excluding carboxylic acids is 2. The van der Waals surface area contributed by atoms with Crippen molar-refractivity contribution in [2.24, 2.45) is 0 Å². The lowest BCUT2D eigenvalue weighted by Gasteiger charge is -2.31. The molecule has 0 rings (SSSR count). The highest BCUT2D eigenvalue weighted by molar-refractivity contribution is 6.75. The first-order valence-electron chi connectivity index (χ1n) is 10.1. The van der Waals surface area contributed by atoms with Crippen molar-refractivity contribution in [1.82, 2.24) is 0 Å². The first kappa shape index (κ1) is 23.9. The molecule has 0 aromatic carbocycles. The van der Waals surface area contributed by atoms with E-state index >= 15 is 0 Å². The lowest BCUT2D eigenvalue weighted by atomic mass is 10.4. The molecule has 0 aliphatic carbocycles. The monoisotopic (exact) mass is 370 g/mol. The molecule has 0 amide bonds. The van der Waals surface area contributed by atoms with Gasteiger partial charge in [-0.05, 0) is 24.6 Å². The summed E-state index contributed by atoms with van der Waals surface area (Å²) in [5.74, 6) is -0.837. The Morgan fingerprint density at radius 3 is 1.60 bits per heavy atom. The summed E-state index contributed by atoms with van der Waals surface area (Å²) < 4.78 is 11.1. The summed E-state index contributed by atoms with van der Waals surface area (Å²) in [6, 6.07) is 3.10. The van der Waals surface area contributed by atoms with E-state index < -0.39 is 14.3 Å². The summed E-state index contributed by atoms with van der Waals surface area (Å²) >= 11 is 0. The summed E-state index contributed by atoms with van der Waals surface area (Å²) in [4.78, 5) is 23.9. The van der Waals surface area contributed by atoms with Gasteiger partial charge >= 0.3 is 11.9 Å². The molecule has 25 heavy (non-hydrogen) atoms. The van der Waals surface area contributed by atoms with Gasteiger partial charge in [0.25, 0.3) is 8.32 Å². The number of hydrogen-bond donors (Lipinski definition) is 0. The van der Waals surface area contributed by atoms with Crippen molar-refractivity contribution in [2.45, 2.75) is 97.2 Å². The van der Waals surface area contributed by atoms with Crippen LogP contribution in [-0.4, -0.2) is 26.9 Å². The van der Waals surface area contributed by atoms with Gasteiger partial charge in [0.2, 0.25) is 0 Å². The molecule has 0 bridgehead atoms. The molecule has 0 spiro atoms. The maximum atomic E-state index is 12.3. The molecule has 0 N–H and O–H groups in total. The van der Waals surface area contributed by atoms with Crippen LogP contribution in [0, 0.1) is 0 Å². The molecule has 0 aromatic heterocycles. The molecule has 0 heterocycles. The molecule has 0 aromatic rings. The van der Waals surface area contributed by atoms with E-state index in [0.717, 1.165) is 69.5 Å². The average molecular weight is 371 g/mol. The molecule has 4 nitrogen and oxygen atoms in total. The van der Waals surface area contributed by atoms with Crippen LogP contribution < -0.4 is 0 Å². The normalized spacial score (nSPS) is 11.7. The minimum atomic E-state index is -2.08. The number of carbonyl (C=O) groups is 2. The van der Waals surface area contributed by atoms with Crippen LogP contribution in [0.4, 0.5) is 0 Å². The smallest absolute Gasteiger partial charge is 0.331 e. The number of rotatable bonds is 15. The molecule has 0 aliphatic rings. The Labute approximate surface area is 155 Å². The summed E-state index contributed by atoms with van der Waals surface area (Å²) in [5, 5.41) is 0. The SMILES string of the molecule is CCCCOC(=O)/C=C\C(=O)O[Si](CCCC)(CCCC)CCCC. The second-order valence-corrected chi connectivity index (χ2v) is 10.8. The van der Waals surface area contributed by atoms with Crippen LogP contribution in [0.5, 0.6) is 0 Å². The minimum Gasteiger partial charge on any atom is -0.516 e. The van der Waals surface area contributed by atoms with Gasteiger partial charge in [0.15, 0.2) is 0 Å². The van der Waals surface area contributed by atoms with Crippen LogP contribution in [0.15, 0.2) is 12.2 Å². The zero-order valence-corrected chi connectivity index (χ0v) is 17.8. The third-order valence-corrected chi connectivity index (χ3v) is 8.80. The van der Waals surface area contributed by atoms with Crippen molar-refractivity contribution in [1.29, 1.82) is 0 Å². The van der Waals surface area contributed by atoms with Gasteiger partial charge < -0.3 is 9.16 Å². The zero-order chi connectivity index (χ0) is 19.0. The molecule has 0 radical (unpaired) electrons. The van der Waals surface area contributed by atoms with Crippen molar-refractivity contribution >= 4 is 20.3 Å². The third-order valence-electron chi connectivity index (χ3n) is 4.37. The Balaban J connectivity index is 4.81. The highest BCUT2D eigenvalue weighted by Gasteiger charge is 2.36. The van der Waals surface area contributed by atoms with Gasteiger partial charge in [-0.3, -0.25) is 0 Å². The quantitative estimate of drug-likeness (QED) is 0.159. The number of unbranched alkanes of at least 4 members (excludes halogenated alkanes) is 4. The fourth-order valence-electron chi connectivity index (χ4n) is 2.77. The maximum Gasteiger partial charge on any atom is 0.331 e. The maximum absolute atomic E-state index is 12.3. The number of ether oxygens (including phenoxy) is 1. The van der Waals surface area contributed by atoms with E-state index in [1.165, 1.54) is 12.2 Å². The lowest BCUT2D eigenvalue weighted by molar-refractivity contribution is -0.138. The van der Waals surface area contributed by atoms with Gasteiger partial charge in [0.1, 0.15) is 0 Å². The summed E-state index contributed by atoms with van der Waals surface area (Å²) in [6.07, 6.45) is 10.9. The summed E-state index contributed by atoms with van der Waals surface area (Å²) in [6.45, 7) is 8.96. The zero-order valence-electron chi connectivity index (χ0n) is 16.8. The van der Waals surface area contributed by atoms with Gasteiger partial charge in [-0.2, -0.15) is 0 Å². The predicted octanol–water partition coefficient (Wildman–Crippen LogP) is 5.77. The van der Waals surface area contributed by atoms with Gasteiger partial charge in [0.05, 0.1) is 6.61 Å². The van der Waals surface area contributed by atoms with Crippen molar-refractivity contribution < 1.29 is 18.8 Å². The molecule has 0 unspecified atom stereocenters. The molecule has 0 atom stereocenters. The second-order valence-electron chi connectivity index (χ2n) is 6.77. The highest BCUT2D eigenvalue weighted by atomic mass is 28.4. The van der Waals surface area contributed by atoms with E-state index in [-0.39, 0.29) is 5.97 Å². The van der Waals surface area contributed by atoms with Gasteiger partial charge in [-0.15, -0.1) is 0 Å². The molecule has 146 valence electrons. The van der Waals surface area contributed by atoms with E-state index in [1.807, 2.05) is 6.92 Å². The van der Waals surface area contributed by atoms with Crippen LogP contribution in [0.1, 0.15) is 79.1 Å². The first-order valence-corrected chi connectivity index (χ1v) is 12.6. The molecule has 0 saturated heterocycles. The predicted molar refractivity (Wildman–Crippen MR) is 106 cm³/mol. The molecular formula is C20H38O4Si. The van der Waals surface area contributed by atoms with E-state index in [1.54, 1.807) is 0 Å². The highest BCUT2D eigenvalue weighted by Crippen LogP contribution is 2.29. The lowest BCUT2D eigenvalue weighted by Crippen LogP contribution is -2.40. The standard InChI is InChI=1S/C20H38O4Si/c1-5-9-15-23-19(21)13-14-20(22)24-25(16-10-6-2,17-11-7-3)18-12-8-4/h13-14H,5-12,15-18H2,1-4H3/b14-13-. The molecule has 0 fully saturated rings. The number of esters is 1. The summed E-state index contributed by atoms with van der Waals surface area (Å²) in [7, 11) is -2.08. The largest absolute Gasteiger partial charge is 0.516 e. The van der Waals surface area contributed by atoms with E-state index in [0.29, 0.717) is 6.61 Å². The molecule has 0 saturated carbocycles. The molecular weight excluding hydrogens is 332 g/mol. The first-order chi connectivity index (χ1) is 12.0. The van der Waals surface area contributed by atoms with Crippen LogP contribution in [0.3, 0.4) is 0 Å². The van der Waals surface area contributed by atoms with Crippen LogP contribution in [0.25, 0.3) is 0 Å². The fourth-order valence-corrected chi connectivity index (χ4v) is 7.32. The molecule has 0 aliphatic heterocycles. The Morgan fingerprint density at radius 2 is 1.16 bits per heavy atom. The van der Waals surface area contributed by atoms with E-state index in [2.05, 4.69) is 20.8 Å². The van der Waals surface area contributed by atoms with E-state index in [9.17, 15) is 9.59 Å². The van der Waals surface area contributed by atoms with Crippen molar-refractivity contribution in [3.05, 3.63) is 12.2 Å². The summed E-state index contributed by atoms with van der Waals surface area (Å²) in [5.41, 5.74) is 0. The fraction of sp³-hybridized carbons (Fsp3) is 0.800. The van der Waals surface area contributed by atoms with Crippen molar-refractivity contribution in [3.63, 3.8) is 0 Å². The minimum absolute atomic E-state index is 0.373. The van der Waals surface area contributed by atoms with E-state index in [4.69, 9.17) is 9.16 Å². The van der Waals surface area contributed by atoms with Gasteiger partial charge in [0, 0.05) is 12.2 Å².